The van der Waals surface area contributed by atoms with Crippen molar-refractivity contribution in [1.82, 2.24) is 10.2 Å². The molecule has 2 rings (SSSR count). The van der Waals surface area contributed by atoms with E-state index in [1.165, 1.54) is 13.5 Å². The Morgan fingerprint density at radius 1 is 1.33 bits per heavy atom. The first-order valence-corrected chi connectivity index (χ1v) is 7.55. The van der Waals surface area contributed by atoms with Gasteiger partial charge >= 0.3 is 0 Å². The number of piperidine rings is 1. The second-order valence-electron chi connectivity index (χ2n) is 5.34. The van der Waals surface area contributed by atoms with Gasteiger partial charge in [-0.15, -0.1) is 0 Å². The third kappa shape index (κ3) is 4.36. The highest BCUT2D eigenvalue weighted by molar-refractivity contribution is 5.76. The summed E-state index contributed by atoms with van der Waals surface area (Å²) in [5.74, 6) is 0.852. The van der Waals surface area contributed by atoms with Crippen LogP contribution in [0.2, 0.25) is 0 Å². The van der Waals surface area contributed by atoms with Crippen molar-refractivity contribution in [2.45, 2.75) is 32.2 Å². The van der Waals surface area contributed by atoms with Crippen LogP contribution >= 0.6 is 0 Å². The number of nitrogens with one attached hydrogen (secondary N) is 1. The molecule has 0 atom stereocenters. The van der Waals surface area contributed by atoms with Gasteiger partial charge in [0.2, 0.25) is 5.91 Å². The maximum Gasteiger partial charge on any atom is 0.223 e. The number of carbonyl (C=O) groups excluding carboxylic acids is 1. The van der Waals surface area contributed by atoms with Crippen molar-refractivity contribution in [3.8, 4) is 11.5 Å². The highest BCUT2D eigenvalue weighted by atomic mass is 16.5. The van der Waals surface area contributed by atoms with Crippen LogP contribution in [-0.2, 0) is 11.3 Å². The van der Waals surface area contributed by atoms with Gasteiger partial charge in [0.1, 0.15) is 0 Å². The number of amides is 1. The number of likely N-dealkylation sites (tertiary alicyclic amines) is 1. The summed E-state index contributed by atoms with van der Waals surface area (Å²) in [6, 6.07) is 5.41. The van der Waals surface area contributed by atoms with E-state index < -0.39 is 0 Å². The quantitative estimate of drug-likeness (QED) is 0.786. The molecule has 1 amide bonds. The van der Waals surface area contributed by atoms with Crippen LogP contribution in [0.25, 0.3) is 0 Å². The fourth-order valence-electron chi connectivity index (χ4n) is 2.59. The number of aromatic hydroxyl groups is 1. The van der Waals surface area contributed by atoms with Crippen molar-refractivity contribution in [1.29, 1.82) is 0 Å². The van der Waals surface area contributed by atoms with Gasteiger partial charge in [-0.2, -0.15) is 0 Å². The van der Waals surface area contributed by atoms with Crippen LogP contribution in [0.15, 0.2) is 18.2 Å². The van der Waals surface area contributed by atoms with Crippen molar-refractivity contribution < 1.29 is 14.6 Å². The van der Waals surface area contributed by atoms with E-state index in [0.29, 0.717) is 25.3 Å². The summed E-state index contributed by atoms with van der Waals surface area (Å²) < 4.78 is 5.07. The molecule has 0 unspecified atom stereocenters. The third-order valence-corrected chi connectivity index (χ3v) is 3.84. The number of benzene rings is 1. The number of hydrogen-bond acceptors (Lipinski definition) is 4. The summed E-state index contributed by atoms with van der Waals surface area (Å²) in [7, 11) is 1.53. The molecule has 1 aliphatic heterocycles. The third-order valence-electron chi connectivity index (χ3n) is 3.84. The van der Waals surface area contributed by atoms with E-state index in [-0.39, 0.29) is 11.7 Å². The number of carbonyl (C=O) groups is 1. The van der Waals surface area contributed by atoms with Gasteiger partial charge < -0.3 is 20.1 Å². The summed E-state index contributed by atoms with van der Waals surface area (Å²) in [6.45, 7) is 2.94. The average molecular weight is 292 g/mol. The normalized spacial score (nSPS) is 15.0. The largest absolute Gasteiger partial charge is 0.504 e. The molecule has 0 spiro atoms. The first-order chi connectivity index (χ1) is 10.2. The molecule has 1 fully saturated rings. The van der Waals surface area contributed by atoms with Crippen LogP contribution in [0.4, 0.5) is 0 Å². The molecule has 0 saturated carbocycles. The standard InChI is InChI=1S/C16H24N2O3/c1-21-14-7-5-6-13(16(14)20)12-17-9-8-15(19)18-10-3-2-4-11-18/h5-7,17,20H,2-4,8-12H2,1H3. The molecule has 1 heterocycles. The van der Waals surface area contributed by atoms with Crippen LogP contribution in [-0.4, -0.2) is 42.7 Å². The van der Waals surface area contributed by atoms with E-state index in [2.05, 4.69) is 5.32 Å². The monoisotopic (exact) mass is 292 g/mol. The maximum atomic E-state index is 12.0. The van der Waals surface area contributed by atoms with Gasteiger partial charge in [-0.3, -0.25) is 4.79 Å². The van der Waals surface area contributed by atoms with Crippen molar-refractivity contribution in [3.63, 3.8) is 0 Å². The van der Waals surface area contributed by atoms with Crippen LogP contribution in [0, 0.1) is 0 Å². The Kier molecular flexibility index (Phi) is 5.87. The van der Waals surface area contributed by atoms with Crippen molar-refractivity contribution >= 4 is 5.91 Å². The Bertz CT molecular complexity index is 471. The lowest BCUT2D eigenvalue weighted by Gasteiger charge is -2.26. The number of hydrogen-bond donors (Lipinski definition) is 2. The predicted octanol–water partition coefficient (Wildman–Crippen LogP) is 1.89. The van der Waals surface area contributed by atoms with Gasteiger partial charge in [0.25, 0.3) is 0 Å². The smallest absolute Gasteiger partial charge is 0.223 e. The lowest BCUT2D eigenvalue weighted by atomic mass is 10.1. The zero-order valence-corrected chi connectivity index (χ0v) is 12.6. The van der Waals surface area contributed by atoms with Gasteiger partial charge in [0.15, 0.2) is 11.5 Å². The number of methoxy groups -OCH3 is 1. The number of phenols is 1. The van der Waals surface area contributed by atoms with Gasteiger partial charge in [-0.05, 0) is 25.3 Å². The Morgan fingerprint density at radius 2 is 2.10 bits per heavy atom. The molecule has 5 nitrogen and oxygen atoms in total. The molecule has 21 heavy (non-hydrogen) atoms. The molecule has 0 radical (unpaired) electrons. The number of para-hydroxylation sites is 1. The Morgan fingerprint density at radius 3 is 2.81 bits per heavy atom. The molecule has 1 aromatic rings. The van der Waals surface area contributed by atoms with Crippen molar-refractivity contribution in [3.05, 3.63) is 23.8 Å². The second-order valence-corrected chi connectivity index (χ2v) is 5.34. The van der Waals surface area contributed by atoms with E-state index in [9.17, 15) is 9.90 Å². The maximum absolute atomic E-state index is 12.0. The second kappa shape index (κ2) is 7.88. The van der Waals surface area contributed by atoms with E-state index >= 15 is 0 Å². The minimum atomic E-state index is 0.162. The average Bonchev–Trinajstić information content (AvgIpc) is 2.53. The first kappa shape index (κ1) is 15.6. The predicted molar refractivity (Wildman–Crippen MR) is 81.4 cm³/mol. The van der Waals surface area contributed by atoms with Gasteiger partial charge in [-0.1, -0.05) is 12.1 Å². The Balaban J connectivity index is 1.73. The summed E-state index contributed by atoms with van der Waals surface area (Å²) in [5.41, 5.74) is 0.778. The summed E-state index contributed by atoms with van der Waals surface area (Å²) >= 11 is 0. The van der Waals surface area contributed by atoms with Gasteiger partial charge in [-0.25, -0.2) is 0 Å². The van der Waals surface area contributed by atoms with E-state index in [1.807, 2.05) is 17.0 Å². The number of rotatable bonds is 6. The lowest BCUT2D eigenvalue weighted by Crippen LogP contribution is -2.37. The van der Waals surface area contributed by atoms with E-state index in [0.717, 1.165) is 31.5 Å². The minimum Gasteiger partial charge on any atom is -0.504 e. The zero-order valence-electron chi connectivity index (χ0n) is 12.6. The van der Waals surface area contributed by atoms with E-state index in [4.69, 9.17) is 4.74 Å². The molecule has 116 valence electrons. The molecular weight excluding hydrogens is 268 g/mol. The van der Waals surface area contributed by atoms with Crippen LogP contribution in [0.3, 0.4) is 0 Å². The SMILES string of the molecule is COc1cccc(CNCCC(=O)N2CCCCC2)c1O. The topological polar surface area (TPSA) is 61.8 Å². The molecule has 0 aromatic heterocycles. The highest BCUT2D eigenvalue weighted by Crippen LogP contribution is 2.29. The minimum absolute atomic E-state index is 0.162. The Labute approximate surface area is 125 Å². The van der Waals surface area contributed by atoms with E-state index in [1.54, 1.807) is 6.07 Å². The molecule has 1 aliphatic rings. The molecule has 0 aliphatic carbocycles. The molecule has 1 aromatic carbocycles. The van der Waals surface area contributed by atoms with Gasteiger partial charge in [0.05, 0.1) is 7.11 Å². The highest BCUT2D eigenvalue weighted by Gasteiger charge is 2.15. The first-order valence-electron chi connectivity index (χ1n) is 7.55. The fourth-order valence-corrected chi connectivity index (χ4v) is 2.59. The van der Waals surface area contributed by atoms with Crippen molar-refractivity contribution in [2.75, 3.05) is 26.7 Å². The summed E-state index contributed by atoms with van der Waals surface area (Å²) in [6.07, 6.45) is 3.98. The molecule has 5 heteroatoms. The van der Waals surface area contributed by atoms with Crippen LogP contribution < -0.4 is 10.1 Å². The summed E-state index contributed by atoms with van der Waals surface area (Å²) in [5, 5.41) is 13.2. The zero-order chi connectivity index (χ0) is 15.1. The molecule has 0 bridgehead atoms. The molecule has 1 saturated heterocycles. The fraction of sp³-hybridized carbons (Fsp3) is 0.562. The Hall–Kier alpha value is -1.75. The van der Waals surface area contributed by atoms with Gasteiger partial charge in [0, 0.05) is 38.2 Å². The molecule has 2 N–H and O–H groups in total. The summed E-state index contributed by atoms with van der Waals surface area (Å²) in [4.78, 5) is 13.9. The lowest BCUT2D eigenvalue weighted by molar-refractivity contribution is -0.131. The van der Waals surface area contributed by atoms with Crippen LogP contribution in [0.5, 0.6) is 11.5 Å². The molecular formula is C16H24N2O3. The van der Waals surface area contributed by atoms with Crippen LogP contribution in [0.1, 0.15) is 31.2 Å². The number of ether oxygens (including phenoxy) is 1. The van der Waals surface area contributed by atoms with Crippen molar-refractivity contribution in [2.24, 2.45) is 0 Å². The number of phenolic OH excluding ortho intramolecular Hbond substituents is 1. The number of nitrogens with zero attached hydrogens (tertiary/aromatic N) is 1.